The van der Waals surface area contributed by atoms with E-state index in [1.54, 1.807) is 12.1 Å². The lowest BCUT2D eigenvalue weighted by atomic mass is 10.1. The van der Waals surface area contributed by atoms with Crippen LogP contribution in [0.3, 0.4) is 0 Å². The van der Waals surface area contributed by atoms with Crippen molar-refractivity contribution < 1.29 is 9.13 Å². The number of rotatable bonds is 6. The molecule has 0 bridgehead atoms. The highest BCUT2D eigenvalue weighted by Gasteiger charge is 2.02. The molecular formula is C12H15FN2O. The first-order valence-corrected chi connectivity index (χ1v) is 5.25. The van der Waals surface area contributed by atoms with Crippen molar-refractivity contribution in [1.29, 1.82) is 5.26 Å². The van der Waals surface area contributed by atoms with E-state index in [9.17, 15) is 4.39 Å². The number of nitriles is 1. The fourth-order valence-electron chi connectivity index (χ4n) is 1.27. The summed E-state index contributed by atoms with van der Waals surface area (Å²) in [5, 5.41) is 11.6. The lowest BCUT2D eigenvalue weighted by Gasteiger charge is -2.06. The summed E-state index contributed by atoms with van der Waals surface area (Å²) in [5.41, 5.74) is 0.908. The van der Waals surface area contributed by atoms with Crippen LogP contribution in [-0.2, 0) is 11.3 Å². The van der Waals surface area contributed by atoms with Crippen LogP contribution in [0.5, 0.6) is 0 Å². The highest BCUT2D eigenvalue weighted by atomic mass is 19.1. The molecule has 0 unspecified atom stereocenters. The molecule has 0 amide bonds. The smallest absolute Gasteiger partial charge is 0.129 e. The Morgan fingerprint density at radius 1 is 1.50 bits per heavy atom. The Hall–Kier alpha value is -1.44. The van der Waals surface area contributed by atoms with Gasteiger partial charge in [-0.2, -0.15) is 5.26 Å². The molecule has 3 nitrogen and oxygen atoms in total. The molecule has 0 spiro atoms. The van der Waals surface area contributed by atoms with Crippen LogP contribution < -0.4 is 5.32 Å². The van der Waals surface area contributed by atoms with Crippen LogP contribution in [0.2, 0.25) is 0 Å². The molecule has 1 aromatic rings. The predicted octanol–water partition coefficient (Wildman–Crippen LogP) is 1.82. The third-order valence-corrected chi connectivity index (χ3v) is 2.12. The first-order valence-electron chi connectivity index (χ1n) is 5.25. The van der Waals surface area contributed by atoms with Crippen LogP contribution in [0.25, 0.3) is 0 Å². The minimum Gasteiger partial charge on any atom is -0.380 e. The number of hydrogen-bond donors (Lipinski definition) is 1. The number of hydrogen-bond acceptors (Lipinski definition) is 3. The monoisotopic (exact) mass is 222 g/mol. The zero-order valence-electron chi connectivity index (χ0n) is 9.29. The molecule has 0 saturated carbocycles. The molecule has 0 heterocycles. The second kappa shape index (κ2) is 6.94. The second-order valence-corrected chi connectivity index (χ2v) is 3.29. The van der Waals surface area contributed by atoms with Gasteiger partial charge in [0.15, 0.2) is 0 Å². The van der Waals surface area contributed by atoms with Crippen LogP contribution in [0.1, 0.15) is 18.1 Å². The molecule has 0 aromatic heterocycles. The van der Waals surface area contributed by atoms with Crippen LogP contribution in [-0.4, -0.2) is 19.8 Å². The van der Waals surface area contributed by atoms with Crippen molar-refractivity contribution in [2.75, 3.05) is 19.8 Å². The molecule has 0 radical (unpaired) electrons. The lowest BCUT2D eigenvalue weighted by molar-refractivity contribution is 0.149. The van der Waals surface area contributed by atoms with Gasteiger partial charge in [0.1, 0.15) is 5.82 Å². The summed E-state index contributed by atoms with van der Waals surface area (Å²) in [6.45, 7) is 4.37. The molecule has 0 atom stereocenters. The molecule has 0 aliphatic carbocycles. The minimum atomic E-state index is -0.344. The quantitative estimate of drug-likeness (QED) is 0.747. The molecule has 0 aliphatic rings. The van der Waals surface area contributed by atoms with E-state index < -0.39 is 0 Å². The first-order chi connectivity index (χ1) is 7.77. The average molecular weight is 222 g/mol. The Kier molecular flexibility index (Phi) is 5.48. The maximum Gasteiger partial charge on any atom is 0.129 e. The van der Waals surface area contributed by atoms with E-state index in [1.165, 1.54) is 6.07 Å². The summed E-state index contributed by atoms with van der Waals surface area (Å²) < 4.78 is 18.5. The first kappa shape index (κ1) is 12.6. The Balaban J connectivity index is 2.40. The third kappa shape index (κ3) is 3.97. The average Bonchev–Trinajstić information content (AvgIpc) is 2.30. The SMILES string of the molecule is CCOCCNCc1ccc(C#N)cc1F. The number of ether oxygens (including phenoxy) is 1. The van der Waals surface area contributed by atoms with Gasteiger partial charge in [0.25, 0.3) is 0 Å². The van der Waals surface area contributed by atoms with Crippen molar-refractivity contribution in [2.24, 2.45) is 0 Å². The van der Waals surface area contributed by atoms with Crippen molar-refractivity contribution in [3.8, 4) is 6.07 Å². The maximum absolute atomic E-state index is 13.4. The highest BCUT2D eigenvalue weighted by Crippen LogP contribution is 2.09. The van der Waals surface area contributed by atoms with E-state index >= 15 is 0 Å². The van der Waals surface area contributed by atoms with Gasteiger partial charge in [-0.15, -0.1) is 0 Å². The van der Waals surface area contributed by atoms with Crippen LogP contribution in [0.4, 0.5) is 4.39 Å². The van der Waals surface area contributed by atoms with Crippen molar-refractivity contribution in [3.05, 3.63) is 35.1 Å². The van der Waals surface area contributed by atoms with E-state index in [0.717, 1.165) is 0 Å². The van der Waals surface area contributed by atoms with E-state index in [-0.39, 0.29) is 5.82 Å². The topological polar surface area (TPSA) is 45.0 Å². The zero-order valence-corrected chi connectivity index (χ0v) is 9.29. The van der Waals surface area contributed by atoms with E-state index in [0.29, 0.717) is 37.4 Å². The molecule has 1 rings (SSSR count). The standard InChI is InChI=1S/C12H15FN2O/c1-2-16-6-5-15-9-11-4-3-10(8-14)7-12(11)13/h3-4,7,15H,2,5-6,9H2,1H3. The largest absolute Gasteiger partial charge is 0.380 e. The Labute approximate surface area is 94.8 Å². The van der Waals surface area contributed by atoms with Crippen molar-refractivity contribution in [3.63, 3.8) is 0 Å². The molecule has 1 N–H and O–H groups in total. The molecule has 0 saturated heterocycles. The van der Waals surface area contributed by atoms with E-state index in [4.69, 9.17) is 10.00 Å². The zero-order chi connectivity index (χ0) is 11.8. The van der Waals surface area contributed by atoms with Gasteiger partial charge in [0, 0.05) is 25.3 Å². The summed E-state index contributed by atoms with van der Waals surface area (Å²) in [4.78, 5) is 0. The maximum atomic E-state index is 13.4. The fourth-order valence-corrected chi connectivity index (χ4v) is 1.27. The van der Waals surface area contributed by atoms with Gasteiger partial charge in [-0.05, 0) is 19.1 Å². The van der Waals surface area contributed by atoms with Gasteiger partial charge < -0.3 is 10.1 Å². The molecule has 0 aliphatic heterocycles. The predicted molar refractivity (Wildman–Crippen MR) is 59.3 cm³/mol. The van der Waals surface area contributed by atoms with E-state index in [2.05, 4.69) is 5.32 Å². The Morgan fingerprint density at radius 3 is 2.94 bits per heavy atom. The minimum absolute atomic E-state index is 0.343. The number of nitrogens with one attached hydrogen (secondary N) is 1. The van der Waals surface area contributed by atoms with Gasteiger partial charge in [-0.3, -0.25) is 0 Å². The summed E-state index contributed by atoms with van der Waals surface area (Å²) in [5.74, 6) is -0.344. The number of benzene rings is 1. The third-order valence-electron chi connectivity index (χ3n) is 2.12. The van der Waals surface area contributed by atoms with Gasteiger partial charge in [0.2, 0.25) is 0 Å². The van der Waals surface area contributed by atoms with Gasteiger partial charge in [-0.25, -0.2) is 4.39 Å². The fraction of sp³-hybridized carbons (Fsp3) is 0.417. The molecule has 0 fully saturated rings. The Bertz CT molecular complexity index is 374. The highest BCUT2D eigenvalue weighted by molar-refractivity contribution is 5.32. The molecule has 1 aromatic carbocycles. The summed E-state index contributed by atoms with van der Waals surface area (Å²) in [7, 11) is 0. The van der Waals surface area contributed by atoms with E-state index in [1.807, 2.05) is 13.0 Å². The molecular weight excluding hydrogens is 207 g/mol. The van der Waals surface area contributed by atoms with Crippen molar-refractivity contribution in [1.82, 2.24) is 5.32 Å². The lowest BCUT2D eigenvalue weighted by Crippen LogP contribution is -2.19. The Morgan fingerprint density at radius 2 is 2.31 bits per heavy atom. The van der Waals surface area contributed by atoms with Gasteiger partial charge in [-0.1, -0.05) is 6.07 Å². The summed E-state index contributed by atoms with van der Waals surface area (Å²) >= 11 is 0. The number of halogens is 1. The number of nitrogens with zero attached hydrogens (tertiary/aromatic N) is 1. The molecule has 16 heavy (non-hydrogen) atoms. The van der Waals surface area contributed by atoms with Crippen molar-refractivity contribution in [2.45, 2.75) is 13.5 Å². The summed E-state index contributed by atoms with van der Waals surface area (Å²) in [6, 6.07) is 6.39. The van der Waals surface area contributed by atoms with Crippen LogP contribution in [0, 0.1) is 17.1 Å². The summed E-state index contributed by atoms with van der Waals surface area (Å²) in [6.07, 6.45) is 0. The van der Waals surface area contributed by atoms with Crippen molar-refractivity contribution >= 4 is 0 Å². The van der Waals surface area contributed by atoms with Gasteiger partial charge in [0.05, 0.1) is 18.2 Å². The van der Waals surface area contributed by atoms with Crippen LogP contribution in [0.15, 0.2) is 18.2 Å². The molecule has 4 heteroatoms. The van der Waals surface area contributed by atoms with Crippen LogP contribution >= 0.6 is 0 Å². The molecule has 86 valence electrons. The van der Waals surface area contributed by atoms with Gasteiger partial charge >= 0.3 is 0 Å². The normalized spacial score (nSPS) is 10.1. The second-order valence-electron chi connectivity index (χ2n) is 3.29.